The number of carbonyl (C=O) groups is 2. The standard InChI is InChI=1S/C23H25NO5/c25-22(26)13-21(15-9-11-28-12-10-15)24-23(27)29-14-20-18-7-3-1-5-16(18)17-6-2-4-8-19(17)20/h1-8,15,20-21H,9-14H2,(H,24,27)(H,25,26)/t21-/m1/s1. The minimum absolute atomic E-state index is 0.0193. The molecule has 1 fully saturated rings. The Balaban J connectivity index is 1.43. The molecule has 6 nitrogen and oxygen atoms in total. The third-order valence-electron chi connectivity index (χ3n) is 5.88. The highest BCUT2D eigenvalue weighted by atomic mass is 16.5. The van der Waals surface area contributed by atoms with Gasteiger partial charge >= 0.3 is 12.1 Å². The molecule has 2 aromatic rings. The normalized spacial score (nSPS) is 17.2. The Labute approximate surface area is 169 Å². The number of rotatable bonds is 6. The van der Waals surface area contributed by atoms with Gasteiger partial charge in [0.2, 0.25) is 0 Å². The third kappa shape index (κ3) is 4.27. The Kier molecular flexibility index (Phi) is 5.81. The van der Waals surface area contributed by atoms with Gasteiger partial charge in [0.25, 0.3) is 0 Å². The summed E-state index contributed by atoms with van der Waals surface area (Å²) in [6.07, 6.45) is 0.794. The van der Waals surface area contributed by atoms with Crippen molar-refractivity contribution in [2.24, 2.45) is 5.92 Å². The smallest absolute Gasteiger partial charge is 0.407 e. The van der Waals surface area contributed by atoms with Crippen molar-refractivity contribution in [2.75, 3.05) is 19.8 Å². The molecule has 152 valence electrons. The van der Waals surface area contributed by atoms with E-state index in [1.165, 1.54) is 11.1 Å². The molecular weight excluding hydrogens is 370 g/mol. The monoisotopic (exact) mass is 395 g/mol. The number of ether oxygens (including phenoxy) is 2. The number of carbonyl (C=O) groups excluding carboxylic acids is 1. The van der Waals surface area contributed by atoms with Crippen LogP contribution in [-0.2, 0) is 14.3 Å². The molecule has 1 saturated heterocycles. The van der Waals surface area contributed by atoms with Crippen molar-refractivity contribution in [3.63, 3.8) is 0 Å². The molecule has 2 aromatic carbocycles. The summed E-state index contributed by atoms with van der Waals surface area (Å²) in [5, 5.41) is 12.0. The van der Waals surface area contributed by atoms with Crippen LogP contribution in [0.1, 0.15) is 36.3 Å². The summed E-state index contributed by atoms with van der Waals surface area (Å²) < 4.78 is 10.9. The van der Waals surface area contributed by atoms with Crippen LogP contribution in [0.2, 0.25) is 0 Å². The van der Waals surface area contributed by atoms with E-state index in [0.29, 0.717) is 13.2 Å². The maximum Gasteiger partial charge on any atom is 0.407 e. The molecule has 0 bridgehead atoms. The average Bonchev–Trinajstić information content (AvgIpc) is 3.06. The number of amides is 1. The van der Waals surface area contributed by atoms with E-state index in [-0.39, 0.29) is 24.9 Å². The van der Waals surface area contributed by atoms with Gasteiger partial charge in [0, 0.05) is 25.2 Å². The highest BCUT2D eigenvalue weighted by Crippen LogP contribution is 2.44. The number of benzene rings is 2. The van der Waals surface area contributed by atoms with Gasteiger partial charge in [0.05, 0.1) is 6.42 Å². The zero-order valence-corrected chi connectivity index (χ0v) is 16.2. The first-order chi connectivity index (χ1) is 14.1. The van der Waals surface area contributed by atoms with Crippen LogP contribution in [0.5, 0.6) is 0 Å². The van der Waals surface area contributed by atoms with Crippen molar-refractivity contribution >= 4 is 12.1 Å². The molecule has 1 heterocycles. The third-order valence-corrected chi connectivity index (χ3v) is 5.88. The molecule has 0 saturated carbocycles. The van der Waals surface area contributed by atoms with Crippen molar-refractivity contribution in [2.45, 2.75) is 31.2 Å². The molecule has 0 spiro atoms. The van der Waals surface area contributed by atoms with Crippen LogP contribution in [0.15, 0.2) is 48.5 Å². The molecule has 1 atom stereocenters. The van der Waals surface area contributed by atoms with E-state index in [1.54, 1.807) is 0 Å². The lowest BCUT2D eigenvalue weighted by atomic mass is 9.90. The van der Waals surface area contributed by atoms with E-state index >= 15 is 0 Å². The van der Waals surface area contributed by atoms with Gasteiger partial charge < -0.3 is 19.9 Å². The van der Waals surface area contributed by atoms with Gasteiger partial charge in [-0.05, 0) is 41.0 Å². The van der Waals surface area contributed by atoms with E-state index in [0.717, 1.165) is 24.0 Å². The van der Waals surface area contributed by atoms with Gasteiger partial charge in [0.15, 0.2) is 0 Å². The first-order valence-corrected chi connectivity index (χ1v) is 10.0. The molecule has 0 radical (unpaired) electrons. The molecule has 1 aliphatic heterocycles. The lowest BCUT2D eigenvalue weighted by molar-refractivity contribution is -0.138. The maximum atomic E-state index is 12.5. The van der Waals surface area contributed by atoms with Gasteiger partial charge in [-0.15, -0.1) is 0 Å². The number of hydrogen-bond donors (Lipinski definition) is 2. The zero-order chi connectivity index (χ0) is 20.2. The molecule has 1 amide bonds. The number of alkyl carbamates (subject to hydrolysis) is 1. The molecule has 1 aliphatic carbocycles. The largest absolute Gasteiger partial charge is 0.481 e. The van der Waals surface area contributed by atoms with E-state index in [2.05, 4.69) is 29.6 Å². The van der Waals surface area contributed by atoms with Gasteiger partial charge in [-0.25, -0.2) is 4.79 Å². The highest BCUT2D eigenvalue weighted by Gasteiger charge is 2.31. The predicted octanol–water partition coefficient (Wildman–Crippen LogP) is 3.80. The van der Waals surface area contributed by atoms with Crippen LogP contribution >= 0.6 is 0 Å². The molecule has 29 heavy (non-hydrogen) atoms. The summed E-state index contributed by atoms with van der Waals surface area (Å²) in [5.74, 6) is -0.866. The second kappa shape index (κ2) is 8.66. The summed E-state index contributed by atoms with van der Waals surface area (Å²) >= 11 is 0. The van der Waals surface area contributed by atoms with Crippen LogP contribution < -0.4 is 5.32 Å². The summed E-state index contributed by atoms with van der Waals surface area (Å²) in [6.45, 7) is 1.40. The topological polar surface area (TPSA) is 84.9 Å². The quantitative estimate of drug-likeness (QED) is 0.777. The Bertz CT molecular complexity index is 845. The number of nitrogens with one attached hydrogen (secondary N) is 1. The fourth-order valence-corrected chi connectivity index (χ4v) is 4.43. The van der Waals surface area contributed by atoms with Gasteiger partial charge in [0.1, 0.15) is 6.61 Å². The fourth-order valence-electron chi connectivity index (χ4n) is 4.43. The number of hydrogen-bond acceptors (Lipinski definition) is 4. The lowest BCUT2D eigenvalue weighted by Gasteiger charge is -2.29. The first-order valence-electron chi connectivity index (χ1n) is 10.0. The van der Waals surface area contributed by atoms with Crippen LogP contribution in [0.3, 0.4) is 0 Å². The van der Waals surface area contributed by atoms with Crippen LogP contribution in [-0.4, -0.2) is 43.0 Å². The molecule has 2 N–H and O–H groups in total. The molecule has 4 rings (SSSR count). The Morgan fingerprint density at radius 1 is 1.03 bits per heavy atom. The number of carboxylic acids is 1. The molecule has 0 aromatic heterocycles. The van der Waals surface area contributed by atoms with Crippen molar-refractivity contribution in [3.8, 4) is 11.1 Å². The summed E-state index contributed by atoms with van der Waals surface area (Å²) in [4.78, 5) is 23.8. The van der Waals surface area contributed by atoms with Gasteiger partial charge in [-0.3, -0.25) is 4.79 Å². The van der Waals surface area contributed by atoms with Crippen molar-refractivity contribution in [1.29, 1.82) is 0 Å². The molecular formula is C23H25NO5. The minimum Gasteiger partial charge on any atom is -0.481 e. The summed E-state index contributed by atoms with van der Waals surface area (Å²) in [6, 6.07) is 15.9. The molecule has 6 heteroatoms. The maximum absolute atomic E-state index is 12.5. The van der Waals surface area contributed by atoms with E-state index < -0.39 is 18.1 Å². The second-order valence-corrected chi connectivity index (χ2v) is 7.62. The Hall–Kier alpha value is -2.86. The second-order valence-electron chi connectivity index (χ2n) is 7.62. The average molecular weight is 395 g/mol. The highest BCUT2D eigenvalue weighted by molar-refractivity contribution is 5.79. The number of carboxylic acid groups (broad SMARTS) is 1. The van der Waals surface area contributed by atoms with Gasteiger partial charge in [-0.1, -0.05) is 48.5 Å². The molecule has 2 aliphatic rings. The minimum atomic E-state index is -0.930. The van der Waals surface area contributed by atoms with E-state index in [9.17, 15) is 14.7 Å². The fraction of sp³-hybridized carbons (Fsp3) is 0.391. The number of fused-ring (bicyclic) bond motifs is 3. The van der Waals surface area contributed by atoms with Crippen LogP contribution in [0, 0.1) is 5.92 Å². The summed E-state index contributed by atoms with van der Waals surface area (Å²) in [5.41, 5.74) is 4.63. The van der Waals surface area contributed by atoms with Crippen LogP contribution in [0.25, 0.3) is 11.1 Å². The van der Waals surface area contributed by atoms with Crippen molar-refractivity contribution < 1.29 is 24.2 Å². The van der Waals surface area contributed by atoms with E-state index in [1.807, 2.05) is 24.3 Å². The Morgan fingerprint density at radius 2 is 1.62 bits per heavy atom. The van der Waals surface area contributed by atoms with Crippen molar-refractivity contribution in [1.82, 2.24) is 5.32 Å². The van der Waals surface area contributed by atoms with Crippen LogP contribution in [0.4, 0.5) is 4.79 Å². The first kappa shape index (κ1) is 19.5. The molecule has 0 unspecified atom stereocenters. The predicted molar refractivity (Wildman–Crippen MR) is 108 cm³/mol. The van der Waals surface area contributed by atoms with Crippen molar-refractivity contribution in [3.05, 3.63) is 59.7 Å². The lowest BCUT2D eigenvalue weighted by Crippen LogP contribution is -2.44. The van der Waals surface area contributed by atoms with Gasteiger partial charge in [-0.2, -0.15) is 0 Å². The zero-order valence-electron chi connectivity index (χ0n) is 16.2. The van der Waals surface area contributed by atoms with E-state index in [4.69, 9.17) is 9.47 Å². The number of aliphatic carboxylic acids is 1. The SMILES string of the molecule is O=C(O)C[C@@H](NC(=O)OCC1c2ccccc2-c2ccccc21)C1CCOCC1. The Morgan fingerprint density at radius 3 is 2.21 bits per heavy atom. The summed E-state index contributed by atoms with van der Waals surface area (Å²) in [7, 11) is 0.